The van der Waals surface area contributed by atoms with Crippen LogP contribution in [0.25, 0.3) is 11.5 Å². The lowest BCUT2D eigenvalue weighted by Crippen LogP contribution is -2.23. The second-order valence-corrected chi connectivity index (χ2v) is 5.92. The Morgan fingerprint density at radius 1 is 1.25 bits per heavy atom. The van der Waals surface area contributed by atoms with Crippen molar-refractivity contribution < 1.29 is 13.9 Å². The summed E-state index contributed by atoms with van der Waals surface area (Å²) >= 11 is 1.57. The molecule has 2 aromatic heterocycles. The molecular weight excluding hydrogens is 326 g/mol. The second kappa shape index (κ2) is 7.74. The molecule has 0 bridgehead atoms. The minimum absolute atomic E-state index is 0.0545. The number of thiophene rings is 1. The molecule has 0 saturated carbocycles. The van der Waals surface area contributed by atoms with E-state index >= 15 is 0 Å². The SMILES string of the molecule is COc1ccc(CNC(=O)CCc2nnc(-c3ccsc3)o2)cc1. The molecule has 0 atom stereocenters. The molecule has 0 aliphatic heterocycles. The standard InChI is InChI=1S/C17H17N3O3S/c1-22-14-4-2-12(3-5-14)10-18-15(21)6-7-16-19-20-17(23-16)13-8-9-24-11-13/h2-5,8-9,11H,6-7,10H2,1H3,(H,18,21). The summed E-state index contributed by atoms with van der Waals surface area (Å²) in [6.45, 7) is 0.479. The molecule has 3 aromatic rings. The van der Waals surface area contributed by atoms with Crippen molar-refractivity contribution in [3.63, 3.8) is 0 Å². The van der Waals surface area contributed by atoms with E-state index in [9.17, 15) is 4.79 Å². The van der Waals surface area contributed by atoms with Crippen LogP contribution in [0, 0.1) is 0 Å². The third-order valence-corrected chi connectivity index (χ3v) is 4.13. The number of hydrogen-bond acceptors (Lipinski definition) is 6. The summed E-state index contributed by atoms with van der Waals surface area (Å²) in [7, 11) is 1.62. The zero-order chi connectivity index (χ0) is 16.8. The Morgan fingerprint density at radius 3 is 2.79 bits per heavy atom. The van der Waals surface area contributed by atoms with Gasteiger partial charge in [0.1, 0.15) is 5.75 Å². The minimum atomic E-state index is -0.0545. The molecule has 1 amide bonds. The van der Waals surface area contributed by atoms with Crippen LogP contribution in [0.4, 0.5) is 0 Å². The van der Waals surface area contributed by atoms with Gasteiger partial charge in [0.25, 0.3) is 0 Å². The van der Waals surface area contributed by atoms with Crippen LogP contribution < -0.4 is 10.1 Å². The van der Waals surface area contributed by atoms with Crippen molar-refractivity contribution in [2.45, 2.75) is 19.4 Å². The van der Waals surface area contributed by atoms with Crippen LogP contribution in [0.15, 0.2) is 45.5 Å². The number of hydrogen-bond donors (Lipinski definition) is 1. The number of nitrogens with one attached hydrogen (secondary N) is 1. The average molecular weight is 343 g/mol. The molecule has 1 N–H and O–H groups in total. The maximum Gasteiger partial charge on any atom is 0.248 e. The predicted molar refractivity (Wildman–Crippen MR) is 90.8 cm³/mol. The van der Waals surface area contributed by atoms with Gasteiger partial charge in [0, 0.05) is 30.3 Å². The van der Waals surface area contributed by atoms with Crippen molar-refractivity contribution in [2.24, 2.45) is 0 Å². The zero-order valence-corrected chi connectivity index (χ0v) is 14.0. The summed E-state index contributed by atoms with van der Waals surface area (Å²) in [5, 5.41) is 14.7. The summed E-state index contributed by atoms with van der Waals surface area (Å²) in [6, 6.07) is 9.50. The topological polar surface area (TPSA) is 77.2 Å². The number of benzene rings is 1. The highest BCUT2D eigenvalue weighted by Crippen LogP contribution is 2.20. The number of ether oxygens (including phenoxy) is 1. The van der Waals surface area contributed by atoms with Crippen molar-refractivity contribution in [1.82, 2.24) is 15.5 Å². The smallest absolute Gasteiger partial charge is 0.248 e. The quantitative estimate of drug-likeness (QED) is 0.713. The monoisotopic (exact) mass is 343 g/mol. The van der Waals surface area contributed by atoms with Crippen molar-refractivity contribution in [3.05, 3.63) is 52.5 Å². The van der Waals surface area contributed by atoms with Gasteiger partial charge in [-0.15, -0.1) is 10.2 Å². The normalized spacial score (nSPS) is 10.5. The molecule has 124 valence electrons. The fraction of sp³-hybridized carbons (Fsp3) is 0.235. The molecule has 0 saturated heterocycles. The van der Waals surface area contributed by atoms with E-state index in [0.29, 0.717) is 31.2 Å². The van der Waals surface area contributed by atoms with E-state index in [2.05, 4.69) is 15.5 Å². The molecule has 0 aliphatic rings. The first-order chi connectivity index (χ1) is 11.7. The summed E-state index contributed by atoms with van der Waals surface area (Å²) < 4.78 is 10.7. The third-order valence-electron chi connectivity index (χ3n) is 3.45. The number of carbonyl (C=O) groups is 1. The third kappa shape index (κ3) is 4.20. The van der Waals surface area contributed by atoms with E-state index in [0.717, 1.165) is 16.9 Å². The maximum absolute atomic E-state index is 11.9. The highest BCUT2D eigenvalue weighted by molar-refractivity contribution is 7.08. The van der Waals surface area contributed by atoms with Gasteiger partial charge < -0.3 is 14.5 Å². The van der Waals surface area contributed by atoms with E-state index in [1.54, 1.807) is 18.4 Å². The lowest BCUT2D eigenvalue weighted by molar-refractivity contribution is -0.121. The van der Waals surface area contributed by atoms with Crippen LogP contribution in [0.1, 0.15) is 17.9 Å². The van der Waals surface area contributed by atoms with Crippen LogP contribution in [0.3, 0.4) is 0 Å². The fourth-order valence-corrected chi connectivity index (χ4v) is 2.74. The fourth-order valence-electron chi connectivity index (χ4n) is 2.11. The molecule has 24 heavy (non-hydrogen) atoms. The molecule has 2 heterocycles. The molecule has 0 radical (unpaired) electrons. The second-order valence-electron chi connectivity index (χ2n) is 5.14. The molecule has 0 spiro atoms. The number of nitrogens with zero attached hydrogens (tertiary/aromatic N) is 2. The minimum Gasteiger partial charge on any atom is -0.497 e. The lowest BCUT2D eigenvalue weighted by Gasteiger charge is -2.05. The molecule has 6 nitrogen and oxygen atoms in total. The first-order valence-electron chi connectivity index (χ1n) is 7.49. The highest BCUT2D eigenvalue weighted by atomic mass is 32.1. The van der Waals surface area contributed by atoms with Gasteiger partial charge in [0.15, 0.2) is 0 Å². The van der Waals surface area contributed by atoms with Crippen LogP contribution in [0.2, 0.25) is 0 Å². The Balaban J connectivity index is 1.45. The van der Waals surface area contributed by atoms with Gasteiger partial charge in [-0.2, -0.15) is 11.3 Å². The molecule has 0 fully saturated rings. The lowest BCUT2D eigenvalue weighted by atomic mass is 10.2. The van der Waals surface area contributed by atoms with Crippen molar-refractivity contribution in [3.8, 4) is 17.2 Å². The Hall–Kier alpha value is -2.67. The predicted octanol–water partition coefficient (Wildman–Crippen LogP) is 3.06. The Kier molecular flexibility index (Phi) is 5.22. The van der Waals surface area contributed by atoms with Crippen LogP contribution in [0.5, 0.6) is 5.75 Å². The van der Waals surface area contributed by atoms with Crippen LogP contribution in [-0.4, -0.2) is 23.2 Å². The van der Waals surface area contributed by atoms with Crippen LogP contribution in [-0.2, 0) is 17.8 Å². The summed E-state index contributed by atoms with van der Waals surface area (Å²) in [6.07, 6.45) is 0.729. The summed E-state index contributed by atoms with van der Waals surface area (Å²) in [5.74, 6) is 1.70. The van der Waals surface area contributed by atoms with Crippen molar-refractivity contribution in [1.29, 1.82) is 0 Å². The first-order valence-corrected chi connectivity index (χ1v) is 8.43. The van der Waals surface area contributed by atoms with Gasteiger partial charge in [0.2, 0.25) is 17.7 Å². The van der Waals surface area contributed by atoms with E-state index in [1.807, 2.05) is 41.1 Å². The van der Waals surface area contributed by atoms with Crippen LogP contribution >= 0.6 is 11.3 Å². The maximum atomic E-state index is 11.9. The largest absolute Gasteiger partial charge is 0.497 e. The van der Waals surface area contributed by atoms with Gasteiger partial charge in [0.05, 0.1) is 7.11 Å². The molecule has 1 aromatic carbocycles. The van der Waals surface area contributed by atoms with Gasteiger partial charge in [-0.05, 0) is 29.1 Å². The van der Waals surface area contributed by atoms with E-state index < -0.39 is 0 Å². The Morgan fingerprint density at radius 2 is 2.08 bits per heavy atom. The Bertz CT molecular complexity index is 782. The number of aryl methyl sites for hydroxylation is 1. The van der Waals surface area contributed by atoms with Gasteiger partial charge in [-0.1, -0.05) is 12.1 Å². The molecular formula is C17H17N3O3S. The van der Waals surface area contributed by atoms with E-state index in [1.165, 1.54) is 0 Å². The Labute approximate surface area is 143 Å². The number of carbonyl (C=O) groups excluding carboxylic acids is 1. The molecule has 0 aliphatic carbocycles. The van der Waals surface area contributed by atoms with Crippen molar-refractivity contribution in [2.75, 3.05) is 7.11 Å². The van der Waals surface area contributed by atoms with Gasteiger partial charge in [-0.3, -0.25) is 4.79 Å². The number of aromatic nitrogens is 2. The summed E-state index contributed by atoms with van der Waals surface area (Å²) in [5.41, 5.74) is 1.92. The summed E-state index contributed by atoms with van der Waals surface area (Å²) in [4.78, 5) is 11.9. The highest BCUT2D eigenvalue weighted by Gasteiger charge is 2.10. The van der Waals surface area contributed by atoms with E-state index in [4.69, 9.17) is 9.15 Å². The van der Waals surface area contributed by atoms with E-state index in [-0.39, 0.29) is 5.91 Å². The molecule has 3 rings (SSSR count). The first kappa shape index (κ1) is 16.2. The van der Waals surface area contributed by atoms with Gasteiger partial charge in [-0.25, -0.2) is 0 Å². The zero-order valence-electron chi connectivity index (χ0n) is 13.2. The average Bonchev–Trinajstić information content (AvgIpc) is 3.29. The molecule has 7 heteroatoms. The van der Waals surface area contributed by atoms with Gasteiger partial charge >= 0.3 is 0 Å². The number of rotatable bonds is 7. The van der Waals surface area contributed by atoms with Crippen molar-refractivity contribution >= 4 is 17.2 Å². The number of amides is 1. The number of methoxy groups -OCH3 is 1. The molecule has 0 unspecified atom stereocenters.